The predicted molar refractivity (Wildman–Crippen MR) is 50.2 cm³/mol. The average Bonchev–Trinajstić information content (AvgIpc) is 2.16. The summed E-state index contributed by atoms with van der Waals surface area (Å²) in [6, 6.07) is 0.356. The first kappa shape index (κ1) is 8.81. The van der Waals surface area contributed by atoms with E-state index in [0.717, 1.165) is 19.5 Å². The second-order valence-corrected chi connectivity index (χ2v) is 4.14. The van der Waals surface area contributed by atoms with Crippen LogP contribution in [0.4, 0.5) is 4.79 Å². The molecule has 4 heteroatoms. The SMILES string of the molecule is NC[C@@H]1CC[C@@H]2CNC(=O)N[C@@H]2C1. The summed E-state index contributed by atoms with van der Waals surface area (Å²) in [6.45, 7) is 1.60. The van der Waals surface area contributed by atoms with Gasteiger partial charge in [0.2, 0.25) is 0 Å². The summed E-state index contributed by atoms with van der Waals surface area (Å²) in [5.74, 6) is 1.24. The Bertz CT molecular complexity index is 207. The lowest BCUT2D eigenvalue weighted by Gasteiger charge is -2.39. The van der Waals surface area contributed by atoms with Gasteiger partial charge in [-0.05, 0) is 37.6 Å². The lowest BCUT2D eigenvalue weighted by molar-refractivity contribution is 0.171. The summed E-state index contributed by atoms with van der Waals surface area (Å²) in [6.07, 6.45) is 3.48. The van der Waals surface area contributed by atoms with Gasteiger partial charge in [-0.25, -0.2) is 4.79 Å². The van der Waals surface area contributed by atoms with Crippen LogP contribution >= 0.6 is 0 Å². The molecule has 0 aromatic carbocycles. The summed E-state index contributed by atoms with van der Waals surface area (Å²) in [7, 11) is 0. The quantitative estimate of drug-likeness (QED) is 0.537. The average molecular weight is 183 g/mol. The Morgan fingerprint density at radius 2 is 2.31 bits per heavy atom. The lowest BCUT2D eigenvalue weighted by Crippen LogP contribution is -2.57. The number of fused-ring (bicyclic) bond motifs is 1. The second-order valence-electron chi connectivity index (χ2n) is 4.14. The summed E-state index contributed by atoms with van der Waals surface area (Å²) in [5.41, 5.74) is 5.63. The number of hydrogen-bond donors (Lipinski definition) is 3. The van der Waals surface area contributed by atoms with Gasteiger partial charge in [-0.2, -0.15) is 0 Å². The van der Waals surface area contributed by atoms with Crippen LogP contribution in [-0.2, 0) is 0 Å². The molecule has 3 atom stereocenters. The highest BCUT2D eigenvalue weighted by Gasteiger charge is 2.33. The van der Waals surface area contributed by atoms with Gasteiger partial charge in [-0.15, -0.1) is 0 Å². The molecule has 2 rings (SSSR count). The van der Waals surface area contributed by atoms with Gasteiger partial charge < -0.3 is 16.4 Å². The van der Waals surface area contributed by atoms with Crippen molar-refractivity contribution in [2.24, 2.45) is 17.6 Å². The number of carbonyl (C=O) groups is 1. The summed E-state index contributed by atoms with van der Waals surface area (Å²) in [4.78, 5) is 11.1. The standard InChI is InChI=1S/C9H17N3O/c10-4-6-1-2-7-5-11-9(13)12-8(7)3-6/h6-8H,1-5,10H2,(H2,11,12,13)/t6-,7-,8-/m1/s1. The molecule has 74 valence electrons. The Kier molecular flexibility index (Phi) is 2.40. The van der Waals surface area contributed by atoms with Gasteiger partial charge in [0.05, 0.1) is 0 Å². The maximum Gasteiger partial charge on any atom is 0.315 e. The fraction of sp³-hybridized carbons (Fsp3) is 0.889. The van der Waals surface area contributed by atoms with Crippen LogP contribution in [0.1, 0.15) is 19.3 Å². The third-order valence-corrected chi connectivity index (χ3v) is 3.28. The maximum absolute atomic E-state index is 11.1. The van der Waals surface area contributed by atoms with Crippen molar-refractivity contribution < 1.29 is 4.79 Å². The van der Waals surface area contributed by atoms with Crippen LogP contribution in [0.15, 0.2) is 0 Å². The third-order valence-electron chi connectivity index (χ3n) is 3.28. The molecule has 4 N–H and O–H groups in total. The van der Waals surface area contributed by atoms with Crippen molar-refractivity contribution in [3.63, 3.8) is 0 Å². The van der Waals surface area contributed by atoms with Crippen molar-refractivity contribution in [3.05, 3.63) is 0 Å². The van der Waals surface area contributed by atoms with E-state index in [1.54, 1.807) is 0 Å². The molecule has 0 aromatic rings. The minimum Gasteiger partial charge on any atom is -0.338 e. The maximum atomic E-state index is 11.1. The molecule has 0 aromatic heterocycles. The molecule has 4 nitrogen and oxygen atoms in total. The highest BCUT2D eigenvalue weighted by Crippen LogP contribution is 2.29. The Balaban J connectivity index is 1.95. The van der Waals surface area contributed by atoms with E-state index >= 15 is 0 Å². The third kappa shape index (κ3) is 1.77. The van der Waals surface area contributed by atoms with E-state index in [9.17, 15) is 4.79 Å². The van der Waals surface area contributed by atoms with Crippen LogP contribution in [0.2, 0.25) is 0 Å². The summed E-state index contributed by atoms with van der Waals surface area (Å²) >= 11 is 0. The van der Waals surface area contributed by atoms with Crippen LogP contribution in [0.25, 0.3) is 0 Å². The van der Waals surface area contributed by atoms with Gasteiger partial charge in [0.1, 0.15) is 0 Å². The highest BCUT2D eigenvalue weighted by molar-refractivity contribution is 5.75. The second kappa shape index (κ2) is 3.54. The molecule has 2 fully saturated rings. The lowest BCUT2D eigenvalue weighted by atomic mass is 9.77. The zero-order valence-electron chi connectivity index (χ0n) is 7.75. The van der Waals surface area contributed by atoms with Crippen LogP contribution in [0, 0.1) is 11.8 Å². The topological polar surface area (TPSA) is 67.1 Å². The van der Waals surface area contributed by atoms with Gasteiger partial charge in [-0.1, -0.05) is 0 Å². The van der Waals surface area contributed by atoms with Crippen molar-refractivity contribution >= 4 is 6.03 Å². The van der Waals surface area contributed by atoms with Crippen LogP contribution in [0.5, 0.6) is 0 Å². The molecule has 1 saturated heterocycles. The number of carbonyl (C=O) groups excluding carboxylic acids is 1. The number of urea groups is 1. The molecule has 1 aliphatic carbocycles. The van der Waals surface area contributed by atoms with Crippen LogP contribution < -0.4 is 16.4 Å². The predicted octanol–water partition coefficient (Wildman–Crippen LogP) is 0.0428. The van der Waals surface area contributed by atoms with Crippen molar-refractivity contribution in [3.8, 4) is 0 Å². The van der Waals surface area contributed by atoms with Gasteiger partial charge in [0.15, 0.2) is 0 Å². The molecular weight excluding hydrogens is 166 g/mol. The van der Waals surface area contributed by atoms with E-state index in [0.29, 0.717) is 17.9 Å². The monoisotopic (exact) mass is 183 g/mol. The van der Waals surface area contributed by atoms with Crippen molar-refractivity contribution in [2.75, 3.05) is 13.1 Å². The van der Waals surface area contributed by atoms with Gasteiger partial charge >= 0.3 is 6.03 Å². The van der Waals surface area contributed by atoms with Crippen molar-refractivity contribution in [2.45, 2.75) is 25.3 Å². The fourth-order valence-electron chi connectivity index (χ4n) is 2.40. The van der Waals surface area contributed by atoms with Crippen LogP contribution in [-0.4, -0.2) is 25.2 Å². The minimum atomic E-state index is -0.0149. The van der Waals surface area contributed by atoms with E-state index in [4.69, 9.17) is 5.73 Å². The number of hydrogen-bond acceptors (Lipinski definition) is 2. The van der Waals surface area contributed by atoms with E-state index < -0.39 is 0 Å². The van der Waals surface area contributed by atoms with E-state index in [1.165, 1.54) is 12.8 Å². The smallest absolute Gasteiger partial charge is 0.315 e. The normalized spacial score (nSPS) is 38.8. The molecule has 2 amide bonds. The van der Waals surface area contributed by atoms with Crippen LogP contribution in [0.3, 0.4) is 0 Å². The van der Waals surface area contributed by atoms with Gasteiger partial charge in [-0.3, -0.25) is 0 Å². The number of amides is 2. The molecule has 0 radical (unpaired) electrons. The van der Waals surface area contributed by atoms with E-state index in [1.807, 2.05) is 0 Å². The van der Waals surface area contributed by atoms with Crippen molar-refractivity contribution in [1.29, 1.82) is 0 Å². The Hall–Kier alpha value is -0.770. The molecule has 1 aliphatic heterocycles. The number of nitrogens with one attached hydrogen (secondary N) is 2. The Morgan fingerprint density at radius 1 is 1.46 bits per heavy atom. The van der Waals surface area contributed by atoms with E-state index in [2.05, 4.69) is 10.6 Å². The fourth-order valence-corrected chi connectivity index (χ4v) is 2.40. The molecule has 2 aliphatic rings. The zero-order valence-corrected chi connectivity index (χ0v) is 7.75. The summed E-state index contributed by atoms with van der Waals surface area (Å²) < 4.78 is 0. The highest BCUT2D eigenvalue weighted by atomic mass is 16.2. The first-order valence-electron chi connectivity index (χ1n) is 5.04. The van der Waals surface area contributed by atoms with Gasteiger partial charge in [0, 0.05) is 12.6 Å². The largest absolute Gasteiger partial charge is 0.338 e. The Labute approximate surface area is 78.2 Å². The first-order chi connectivity index (χ1) is 6.29. The Morgan fingerprint density at radius 3 is 3.08 bits per heavy atom. The first-order valence-corrected chi connectivity index (χ1v) is 5.04. The van der Waals surface area contributed by atoms with E-state index in [-0.39, 0.29) is 6.03 Å². The zero-order chi connectivity index (χ0) is 9.26. The molecular formula is C9H17N3O. The summed E-state index contributed by atoms with van der Waals surface area (Å²) in [5, 5.41) is 5.81. The molecule has 1 saturated carbocycles. The minimum absolute atomic E-state index is 0.0149. The molecule has 0 bridgehead atoms. The number of rotatable bonds is 1. The van der Waals surface area contributed by atoms with Crippen molar-refractivity contribution in [1.82, 2.24) is 10.6 Å². The van der Waals surface area contributed by atoms with Gasteiger partial charge in [0.25, 0.3) is 0 Å². The molecule has 1 heterocycles. The number of nitrogens with two attached hydrogens (primary N) is 1. The molecule has 13 heavy (non-hydrogen) atoms. The molecule has 0 unspecified atom stereocenters. The molecule has 0 spiro atoms.